The standard InChI is InChI=1S/C16H26FN9O2S2/c17-11-9-26(7-4-10(11)8-19)12-2-3-13(29-21-6-1-5-18)15(30(20,27)28)14(12)16-22-24-25-23-16/h2-3,10-11,21H,1,4-9,18-19H2,(H2,20,27,28)(H,22,23,24,25). The maximum atomic E-state index is 14.6. The van der Waals surface area contributed by atoms with Crippen LogP contribution in [0.15, 0.2) is 21.9 Å². The first kappa shape index (κ1) is 22.8. The Hall–Kier alpha value is -1.84. The summed E-state index contributed by atoms with van der Waals surface area (Å²) in [4.78, 5) is 2.02. The molecule has 2 aromatic rings. The van der Waals surface area contributed by atoms with Crippen molar-refractivity contribution in [2.75, 3.05) is 37.6 Å². The van der Waals surface area contributed by atoms with E-state index < -0.39 is 16.2 Å². The molecule has 3 rings (SSSR count). The van der Waals surface area contributed by atoms with Gasteiger partial charge in [0.25, 0.3) is 0 Å². The molecule has 30 heavy (non-hydrogen) atoms. The van der Waals surface area contributed by atoms with Crippen molar-refractivity contribution in [2.24, 2.45) is 22.5 Å². The number of piperidine rings is 1. The molecule has 2 atom stereocenters. The fraction of sp³-hybridized carbons (Fsp3) is 0.562. The van der Waals surface area contributed by atoms with Crippen LogP contribution in [0.2, 0.25) is 0 Å². The highest BCUT2D eigenvalue weighted by Crippen LogP contribution is 2.40. The van der Waals surface area contributed by atoms with Crippen molar-refractivity contribution in [3.05, 3.63) is 12.1 Å². The van der Waals surface area contributed by atoms with Crippen molar-refractivity contribution in [3.63, 3.8) is 0 Å². The number of hydrogen-bond donors (Lipinski definition) is 5. The smallest absolute Gasteiger partial charge is 0.240 e. The number of alkyl halides is 1. The van der Waals surface area contributed by atoms with Gasteiger partial charge >= 0.3 is 0 Å². The number of sulfonamides is 1. The van der Waals surface area contributed by atoms with E-state index in [1.54, 1.807) is 17.0 Å². The number of hydrogen-bond acceptors (Lipinski definition) is 10. The number of nitrogens with one attached hydrogen (secondary N) is 2. The lowest BCUT2D eigenvalue weighted by Crippen LogP contribution is -2.44. The average Bonchev–Trinajstić information content (AvgIpc) is 3.24. The number of nitrogens with two attached hydrogens (primary N) is 3. The maximum absolute atomic E-state index is 14.6. The zero-order valence-electron chi connectivity index (χ0n) is 16.3. The first-order valence-electron chi connectivity index (χ1n) is 9.49. The molecule has 2 unspecified atom stereocenters. The predicted octanol–water partition coefficient (Wildman–Crippen LogP) is -0.417. The van der Waals surface area contributed by atoms with E-state index in [-0.39, 0.29) is 35.3 Å². The number of aromatic nitrogens is 4. The fourth-order valence-corrected chi connectivity index (χ4v) is 5.44. The molecule has 1 saturated heterocycles. The number of halogens is 1. The molecule has 1 aliphatic rings. The Balaban J connectivity index is 2.07. The van der Waals surface area contributed by atoms with Gasteiger partial charge in [0, 0.05) is 36.1 Å². The minimum atomic E-state index is -4.17. The number of tetrazole rings is 1. The highest BCUT2D eigenvalue weighted by Gasteiger charge is 2.33. The van der Waals surface area contributed by atoms with Crippen LogP contribution < -0.4 is 26.2 Å². The van der Waals surface area contributed by atoms with E-state index >= 15 is 0 Å². The molecule has 0 bridgehead atoms. The topological polar surface area (TPSA) is 182 Å². The lowest BCUT2D eigenvalue weighted by atomic mass is 9.94. The van der Waals surface area contributed by atoms with Crippen molar-refractivity contribution in [1.82, 2.24) is 25.3 Å². The SMILES string of the molecule is NCCCNSc1ccc(N2CCC(CN)C(F)C2)c(-c2nn[nH]n2)c1S(N)(=O)=O. The van der Waals surface area contributed by atoms with Gasteiger partial charge in [-0.2, -0.15) is 5.21 Å². The van der Waals surface area contributed by atoms with Crippen LogP contribution in [-0.4, -0.2) is 67.9 Å². The van der Waals surface area contributed by atoms with E-state index in [2.05, 4.69) is 25.3 Å². The molecule has 11 nitrogen and oxygen atoms in total. The summed E-state index contributed by atoms with van der Waals surface area (Å²) in [6.07, 6.45) is 0.138. The first-order chi connectivity index (χ1) is 14.4. The zero-order valence-corrected chi connectivity index (χ0v) is 17.9. The highest BCUT2D eigenvalue weighted by molar-refractivity contribution is 7.98. The second-order valence-electron chi connectivity index (χ2n) is 6.95. The van der Waals surface area contributed by atoms with Gasteiger partial charge in [-0.25, -0.2) is 17.9 Å². The zero-order chi connectivity index (χ0) is 21.7. The van der Waals surface area contributed by atoms with Gasteiger partial charge in [-0.15, -0.1) is 10.2 Å². The third-order valence-electron chi connectivity index (χ3n) is 4.94. The van der Waals surface area contributed by atoms with Gasteiger partial charge < -0.3 is 16.4 Å². The minimum absolute atomic E-state index is 0.0646. The molecule has 166 valence electrons. The van der Waals surface area contributed by atoms with E-state index in [9.17, 15) is 12.8 Å². The molecule has 0 spiro atoms. The largest absolute Gasteiger partial charge is 0.368 e. The summed E-state index contributed by atoms with van der Waals surface area (Å²) < 4.78 is 42.8. The Morgan fingerprint density at radius 1 is 1.37 bits per heavy atom. The van der Waals surface area contributed by atoms with Crippen LogP contribution in [0.5, 0.6) is 0 Å². The molecule has 14 heteroatoms. The van der Waals surface area contributed by atoms with Gasteiger partial charge in [0.2, 0.25) is 15.8 Å². The van der Waals surface area contributed by atoms with Crippen molar-refractivity contribution in [1.29, 1.82) is 0 Å². The normalized spacial score (nSPS) is 19.9. The summed E-state index contributed by atoms with van der Waals surface area (Å²) in [5, 5.41) is 19.4. The van der Waals surface area contributed by atoms with Crippen molar-refractivity contribution >= 4 is 27.7 Å². The van der Waals surface area contributed by atoms with E-state index in [0.717, 1.165) is 18.4 Å². The number of nitrogens with zero attached hydrogens (tertiary/aromatic N) is 4. The number of H-pyrrole nitrogens is 1. The van der Waals surface area contributed by atoms with Gasteiger partial charge in [-0.05, 0) is 55.2 Å². The quantitative estimate of drug-likeness (QED) is 0.244. The van der Waals surface area contributed by atoms with Crippen LogP contribution in [0.4, 0.5) is 10.1 Å². The van der Waals surface area contributed by atoms with Crippen LogP contribution in [0.3, 0.4) is 0 Å². The lowest BCUT2D eigenvalue weighted by Gasteiger charge is -2.36. The van der Waals surface area contributed by atoms with Gasteiger partial charge in [-0.3, -0.25) is 4.72 Å². The van der Waals surface area contributed by atoms with Gasteiger partial charge in [0.05, 0.1) is 5.56 Å². The monoisotopic (exact) mass is 459 g/mol. The molecular formula is C16H26FN9O2S2. The maximum Gasteiger partial charge on any atom is 0.240 e. The fourth-order valence-electron chi connectivity index (χ4n) is 3.40. The predicted molar refractivity (Wildman–Crippen MR) is 113 cm³/mol. The molecule has 1 aliphatic heterocycles. The summed E-state index contributed by atoms with van der Waals surface area (Å²) in [7, 11) is -4.17. The van der Waals surface area contributed by atoms with E-state index in [1.165, 1.54) is 0 Å². The molecular weight excluding hydrogens is 433 g/mol. The number of benzene rings is 1. The molecule has 0 radical (unpaired) electrons. The first-order valence-corrected chi connectivity index (χ1v) is 11.9. The minimum Gasteiger partial charge on any atom is -0.368 e. The molecule has 0 aliphatic carbocycles. The van der Waals surface area contributed by atoms with E-state index in [1.807, 2.05) is 0 Å². The van der Waals surface area contributed by atoms with Crippen LogP contribution in [0.25, 0.3) is 11.4 Å². The third kappa shape index (κ3) is 5.07. The van der Waals surface area contributed by atoms with Crippen LogP contribution in [-0.2, 0) is 10.0 Å². The Morgan fingerprint density at radius 3 is 2.77 bits per heavy atom. The Bertz CT molecular complexity index is 942. The molecule has 1 aromatic heterocycles. The Kier molecular flexibility index (Phi) is 7.60. The Labute approximate surface area is 178 Å². The summed E-state index contributed by atoms with van der Waals surface area (Å²) >= 11 is 1.13. The van der Waals surface area contributed by atoms with Crippen LogP contribution >= 0.6 is 11.9 Å². The van der Waals surface area contributed by atoms with Gasteiger partial charge in [-0.1, -0.05) is 0 Å². The molecule has 0 saturated carbocycles. The molecule has 1 aromatic carbocycles. The average molecular weight is 460 g/mol. The summed E-state index contributed by atoms with van der Waals surface area (Å²) in [6, 6.07) is 3.36. The lowest BCUT2D eigenvalue weighted by molar-refractivity contribution is 0.202. The number of rotatable bonds is 9. The van der Waals surface area contributed by atoms with Crippen molar-refractivity contribution < 1.29 is 12.8 Å². The summed E-state index contributed by atoms with van der Waals surface area (Å²) in [5.41, 5.74) is 11.8. The van der Waals surface area contributed by atoms with Gasteiger partial charge in [0.1, 0.15) is 11.1 Å². The second kappa shape index (κ2) is 9.98. The number of aromatic amines is 1. The van der Waals surface area contributed by atoms with Crippen molar-refractivity contribution in [2.45, 2.75) is 28.8 Å². The molecule has 1 fully saturated rings. The Morgan fingerprint density at radius 2 is 2.17 bits per heavy atom. The van der Waals surface area contributed by atoms with E-state index in [4.69, 9.17) is 16.6 Å². The van der Waals surface area contributed by atoms with Crippen molar-refractivity contribution in [3.8, 4) is 11.4 Å². The molecule has 8 N–H and O–H groups in total. The molecule has 2 heterocycles. The summed E-state index contributed by atoms with van der Waals surface area (Å²) in [6.45, 7) is 1.95. The number of primary sulfonamides is 1. The van der Waals surface area contributed by atoms with Crippen LogP contribution in [0.1, 0.15) is 12.8 Å². The highest BCUT2D eigenvalue weighted by atomic mass is 32.2. The van der Waals surface area contributed by atoms with E-state index in [0.29, 0.717) is 36.6 Å². The second-order valence-corrected chi connectivity index (χ2v) is 9.38. The molecule has 0 amide bonds. The van der Waals surface area contributed by atoms with Gasteiger partial charge in [0.15, 0.2) is 0 Å². The third-order valence-corrected chi connectivity index (χ3v) is 6.97. The summed E-state index contributed by atoms with van der Waals surface area (Å²) in [5.74, 6) is -0.163. The number of anilines is 1. The van der Waals surface area contributed by atoms with Crippen LogP contribution in [0, 0.1) is 5.92 Å².